The van der Waals surface area contributed by atoms with Gasteiger partial charge in [0.25, 0.3) is 0 Å². The molecule has 2 aromatic carbocycles. The minimum Gasteiger partial charge on any atom is -0.493 e. The lowest BCUT2D eigenvalue weighted by Crippen LogP contribution is -3.13. The average molecular weight is 379 g/mol. The van der Waals surface area contributed by atoms with Crippen molar-refractivity contribution >= 4 is 11.7 Å². The molecule has 146 valence electrons. The number of amides is 1. The zero-order valence-electron chi connectivity index (χ0n) is 16.2. The van der Waals surface area contributed by atoms with Gasteiger partial charge in [0.2, 0.25) is 5.91 Å². The van der Waals surface area contributed by atoms with Crippen LogP contribution in [0.5, 0.6) is 5.75 Å². The van der Waals surface area contributed by atoms with E-state index in [1.54, 1.807) is 12.1 Å². The first kappa shape index (κ1) is 18.7. The number of rotatable bonds is 6. The number of nitrogens with one attached hydrogen (secondary N) is 1. The Morgan fingerprint density at radius 2 is 1.79 bits per heavy atom. The van der Waals surface area contributed by atoms with Crippen molar-refractivity contribution in [2.45, 2.75) is 25.8 Å². The summed E-state index contributed by atoms with van der Waals surface area (Å²) in [6, 6.07) is 15.7. The van der Waals surface area contributed by atoms with E-state index in [0.29, 0.717) is 12.0 Å². The summed E-state index contributed by atoms with van der Waals surface area (Å²) in [4.78, 5) is 28.1. The Labute approximate surface area is 165 Å². The number of hydrogen-bond acceptors (Lipinski definition) is 3. The van der Waals surface area contributed by atoms with E-state index < -0.39 is 0 Å². The number of fused-ring (bicyclic) bond motifs is 1. The molecule has 2 aliphatic heterocycles. The summed E-state index contributed by atoms with van der Waals surface area (Å²) in [7, 11) is 0. The lowest BCUT2D eigenvalue weighted by Gasteiger charge is -2.32. The predicted molar refractivity (Wildman–Crippen MR) is 107 cm³/mol. The summed E-state index contributed by atoms with van der Waals surface area (Å²) in [5.41, 5.74) is 3.34. The maximum absolute atomic E-state index is 12.5. The molecular weight excluding hydrogens is 352 g/mol. The van der Waals surface area contributed by atoms with Gasteiger partial charge in [0, 0.05) is 30.4 Å². The molecule has 28 heavy (non-hydrogen) atoms. The topological polar surface area (TPSA) is 51.0 Å². The molecule has 0 aliphatic carbocycles. The summed E-state index contributed by atoms with van der Waals surface area (Å²) < 4.78 is 5.58. The van der Waals surface area contributed by atoms with E-state index in [2.05, 4.69) is 18.2 Å². The van der Waals surface area contributed by atoms with Crippen molar-refractivity contribution in [3.63, 3.8) is 0 Å². The van der Waals surface area contributed by atoms with Gasteiger partial charge in [-0.05, 0) is 23.8 Å². The van der Waals surface area contributed by atoms with Gasteiger partial charge in [0.15, 0.2) is 5.78 Å². The van der Waals surface area contributed by atoms with Crippen molar-refractivity contribution in [1.82, 2.24) is 4.90 Å². The van der Waals surface area contributed by atoms with E-state index in [9.17, 15) is 9.59 Å². The molecule has 5 nitrogen and oxygen atoms in total. The Morgan fingerprint density at radius 1 is 1.00 bits per heavy atom. The normalized spacial score (nSPS) is 16.5. The fourth-order valence-corrected chi connectivity index (χ4v) is 4.03. The molecule has 0 aromatic heterocycles. The van der Waals surface area contributed by atoms with Crippen LogP contribution >= 0.6 is 0 Å². The van der Waals surface area contributed by atoms with Crippen LogP contribution in [0.3, 0.4) is 0 Å². The van der Waals surface area contributed by atoms with E-state index in [-0.39, 0.29) is 18.1 Å². The summed E-state index contributed by atoms with van der Waals surface area (Å²) >= 11 is 0. The minimum atomic E-state index is 0.0406. The lowest BCUT2D eigenvalue weighted by molar-refractivity contribution is -0.917. The maximum Gasteiger partial charge on any atom is 0.223 e. The first-order chi connectivity index (χ1) is 13.7. The van der Waals surface area contributed by atoms with Crippen LogP contribution in [-0.2, 0) is 17.8 Å². The molecule has 5 heteroatoms. The Bertz CT molecular complexity index is 842. The van der Waals surface area contributed by atoms with Gasteiger partial charge in [-0.15, -0.1) is 0 Å². The molecule has 1 amide bonds. The van der Waals surface area contributed by atoms with Gasteiger partial charge in [0.05, 0.1) is 32.8 Å². The van der Waals surface area contributed by atoms with Gasteiger partial charge in [-0.25, -0.2) is 0 Å². The molecule has 4 rings (SSSR count). The third-order valence-electron chi connectivity index (χ3n) is 5.69. The smallest absolute Gasteiger partial charge is 0.223 e. The van der Waals surface area contributed by atoms with Crippen LogP contribution in [0, 0.1) is 0 Å². The molecule has 1 saturated heterocycles. The van der Waals surface area contributed by atoms with Crippen molar-refractivity contribution in [2.75, 3.05) is 32.8 Å². The van der Waals surface area contributed by atoms with Crippen LogP contribution < -0.4 is 9.64 Å². The Hall–Kier alpha value is -2.66. The fraction of sp³-hybridized carbons (Fsp3) is 0.391. The highest BCUT2D eigenvalue weighted by molar-refractivity contribution is 5.97. The summed E-state index contributed by atoms with van der Waals surface area (Å²) in [6.07, 6.45) is 1.59. The van der Waals surface area contributed by atoms with Gasteiger partial charge in [-0.3, -0.25) is 9.59 Å². The highest BCUT2D eigenvalue weighted by Crippen LogP contribution is 2.25. The molecule has 0 radical (unpaired) electrons. The number of carbonyl (C=O) groups excluding carboxylic acids is 2. The van der Waals surface area contributed by atoms with Gasteiger partial charge < -0.3 is 14.5 Å². The molecule has 2 aliphatic rings. The second kappa shape index (κ2) is 8.57. The van der Waals surface area contributed by atoms with Crippen molar-refractivity contribution in [3.8, 4) is 5.75 Å². The first-order valence-corrected chi connectivity index (χ1v) is 10.1. The van der Waals surface area contributed by atoms with Crippen molar-refractivity contribution in [1.29, 1.82) is 0 Å². The number of Topliss-reactive ketones (excluding diaryl/α,β-unsaturated/α-hetero) is 1. The van der Waals surface area contributed by atoms with E-state index >= 15 is 0 Å². The molecule has 0 atom stereocenters. The Morgan fingerprint density at radius 3 is 2.57 bits per heavy atom. The van der Waals surface area contributed by atoms with Crippen molar-refractivity contribution in [3.05, 3.63) is 65.2 Å². The molecule has 1 fully saturated rings. The van der Waals surface area contributed by atoms with Gasteiger partial charge in [-0.2, -0.15) is 0 Å². The van der Waals surface area contributed by atoms with Crippen LogP contribution in [0.1, 0.15) is 34.3 Å². The molecule has 2 aromatic rings. The number of quaternary nitrogens is 1. The number of ether oxygens (including phenoxy) is 1. The molecule has 0 saturated carbocycles. The first-order valence-electron chi connectivity index (χ1n) is 10.1. The van der Waals surface area contributed by atoms with E-state index in [1.807, 2.05) is 23.1 Å². The van der Waals surface area contributed by atoms with E-state index in [0.717, 1.165) is 51.5 Å². The number of piperazine rings is 1. The van der Waals surface area contributed by atoms with Crippen LogP contribution in [0.25, 0.3) is 0 Å². The number of carbonyl (C=O) groups is 2. The zero-order valence-corrected chi connectivity index (χ0v) is 16.2. The van der Waals surface area contributed by atoms with Crippen molar-refractivity contribution < 1.29 is 19.2 Å². The molecular formula is C23H27N2O3+. The van der Waals surface area contributed by atoms with Crippen LogP contribution in [0.2, 0.25) is 0 Å². The van der Waals surface area contributed by atoms with E-state index in [1.165, 1.54) is 16.0 Å². The second-order valence-electron chi connectivity index (χ2n) is 7.64. The second-order valence-corrected chi connectivity index (χ2v) is 7.64. The average Bonchev–Trinajstić information content (AvgIpc) is 3.21. The monoisotopic (exact) mass is 379 g/mol. The standard InChI is InChI=1S/C23H26N2O3/c26-21(19-4-2-1-3-5-19)7-9-23(27)25-13-11-24(12-14-25)17-18-6-8-22-20(16-18)10-15-28-22/h1-6,8,16H,7,9-15,17H2/p+1. The predicted octanol–water partition coefficient (Wildman–Crippen LogP) is 1.51. The Kier molecular flexibility index (Phi) is 5.72. The van der Waals surface area contributed by atoms with Gasteiger partial charge in [-0.1, -0.05) is 30.3 Å². The molecule has 0 unspecified atom stereocenters. The molecule has 0 bridgehead atoms. The maximum atomic E-state index is 12.5. The fourth-order valence-electron chi connectivity index (χ4n) is 4.03. The molecule has 1 N–H and O–H groups in total. The molecule has 2 heterocycles. The van der Waals surface area contributed by atoms with Crippen molar-refractivity contribution in [2.24, 2.45) is 0 Å². The summed E-state index contributed by atoms with van der Waals surface area (Å²) in [5, 5.41) is 0. The zero-order chi connectivity index (χ0) is 19.3. The van der Waals surface area contributed by atoms with Crippen LogP contribution in [0.15, 0.2) is 48.5 Å². The highest BCUT2D eigenvalue weighted by atomic mass is 16.5. The number of nitrogens with zero attached hydrogens (tertiary/aromatic N) is 1. The Balaban J connectivity index is 1.22. The molecule has 0 spiro atoms. The summed E-state index contributed by atoms with van der Waals surface area (Å²) in [5.74, 6) is 1.16. The minimum absolute atomic E-state index is 0.0406. The van der Waals surface area contributed by atoms with Gasteiger partial charge in [0.1, 0.15) is 12.3 Å². The number of ketones is 1. The van der Waals surface area contributed by atoms with Crippen LogP contribution in [0.4, 0.5) is 0 Å². The number of benzene rings is 2. The quantitative estimate of drug-likeness (QED) is 0.774. The highest BCUT2D eigenvalue weighted by Gasteiger charge is 2.24. The van der Waals surface area contributed by atoms with Gasteiger partial charge >= 0.3 is 0 Å². The third-order valence-corrected chi connectivity index (χ3v) is 5.69. The largest absolute Gasteiger partial charge is 0.493 e. The SMILES string of the molecule is O=C(CCC(=O)N1CC[NH+](Cc2ccc3c(c2)CCO3)CC1)c1ccccc1. The van der Waals surface area contributed by atoms with Crippen LogP contribution in [-0.4, -0.2) is 49.4 Å². The van der Waals surface area contributed by atoms with E-state index in [4.69, 9.17) is 4.74 Å². The summed E-state index contributed by atoms with van der Waals surface area (Å²) in [6.45, 7) is 5.21. The lowest BCUT2D eigenvalue weighted by atomic mass is 10.1. The number of hydrogen-bond donors (Lipinski definition) is 1. The third kappa shape index (κ3) is 4.42.